The second-order valence-corrected chi connectivity index (χ2v) is 12.0. The largest absolute Gasteiger partial charge is 0.238 e. The highest BCUT2D eigenvalue weighted by molar-refractivity contribution is 6.10. The molecule has 0 aromatic heterocycles. The van der Waals surface area contributed by atoms with Crippen molar-refractivity contribution < 1.29 is 13.2 Å². The normalized spacial score (nSPS) is 20.8. The van der Waals surface area contributed by atoms with Crippen LogP contribution in [0.15, 0.2) is 84.4 Å². The number of alkyl halides is 1. The SMILES string of the molecule is CCc1c(C)cc(C2=C(c3ccccc3)C(C)(c3cccc(F)c3C)C(C)(F)C(c3cccc(C)c3F)=C2C)cc1C. The van der Waals surface area contributed by atoms with Gasteiger partial charge in [0.1, 0.15) is 17.3 Å². The van der Waals surface area contributed by atoms with Crippen molar-refractivity contribution in [1.29, 1.82) is 0 Å². The molecule has 0 N–H and O–H groups in total. The van der Waals surface area contributed by atoms with Crippen LogP contribution in [0.25, 0.3) is 16.7 Å². The van der Waals surface area contributed by atoms with Crippen LogP contribution in [0.2, 0.25) is 0 Å². The smallest absolute Gasteiger partial charge is 0.147 e. The fourth-order valence-electron chi connectivity index (χ4n) is 7.33. The zero-order chi connectivity index (χ0) is 30.6. The maximum Gasteiger partial charge on any atom is 0.147 e. The van der Waals surface area contributed by atoms with Gasteiger partial charge in [0.05, 0.1) is 5.41 Å². The van der Waals surface area contributed by atoms with Crippen molar-refractivity contribution >= 4 is 16.7 Å². The van der Waals surface area contributed by atoms with Crippen molar-refractivity contribution in [2.75, 3.05) is 0 Å². The summed E-state index contributed by atoms with van der Waals surface area (Å²) in [6.07, 6.45) is 0.903. The zero-order valence-corrected chi connectivity index (χ0v) is 25.8. The van der Waals surface area contributed by atoms with Crippen LogP contribution in [-0.2, 0) is 11.8 Å². The van der Waals surface area contributed by atoms with Crippen LogP contribution in [-0.4, -0.2) is 5.67 Å². The lowest BCUT2D eigenvalue weighted by molar-refractivity contribution is 0.184. The van der Waals surface area contributed by atoms with E-state index in [-0.39, 0.29) is 5.56 Å². The third-order valence-electron chi connectivity index (χ3n) is 9.58. The molecule has 1 aliphatic rings. The number of hydrogen-bond donors (Lipinski definition) is 0. The molecule has 1 aliphatic carbocycles. The van der Waals surface area contributed by atoms with Gasteiger partial charge in [0.2, 0.25) is 0 Å². The Balaban J connectivity index is 2.06. The van der Waals surface area contributed by atoms with E-state index >= 15 is 13.2 Å². The minimum Gasteiger partial charge on any atom is -0.238 e. The Morgan fingerprint density at radius 1 is 0.667 bits per heavy atom. The van der Waals surface area contributed by atoms with E-state index in [1.807, 2.05) is 50.2 Å². The summed E-state index contributed by atoms with van der Waals surface area (Å²) in [6.45, 7) is 15.1. The van der Waals surface area contributed by atoms with Crippen LogP contribution >= 0.6 is 0 Å². The summed E-state index contributed by atoms with van der Waals surface area (Å²) in [5, 5.41) is 0. The van der Waals surface area contributed by atoms with Crippen molar-refractivity contribution in [3.63, 3.8) is 0 Å². The Kier molecular flexibility index (Phi) is 7.60. The standard InChI is InChI=1S/C39H39F3/c1-9-30-24(3)21-29(22-25(30)4)34-27(6)35(31-18-13-15-23(2)37(31)41)39(8,42)38(7,32-19-14-20-33(40)26(32)5)36(34)28-16-11-10-12-17-28/h10-22H,9H2,1-8H3. The molecule has 0 bridgehead atoms. The fraction of sp³-hybridized carbons (Fsp3) is 0.282. The molecule has 0 aliphatic heterocycles. The molecule has 4 aromatic rings. The molecule has 0 amide bonds. The van der Waals surface area contributed by atoms with E-state index in [9.17, 15) is 0 Å². The first-order valence-electron chi connectivity index (χ1n) is 14.7. The highest BCUT2D eigenvalue weighted by Gasteiger charge is 2.57. The Morgan fingerprint density at radius 3 is 1.90 bits per heavy atom. The lowest BCUT2D eigenvalue weighted by Crippen LogP contribution is -2.49. The third-order valence-corrected chi connectivity index (χ3v) is 9.58. The molecule has 0 fully saturated rings. The first-order valence-corrected chi connectivity index (χ1v) is 14.7. The van der Waals surface area contributed by atoms with Gasteiger partial charge in [-0.2, -0.15) is 0 Å². The van der Waals surface area contributed by atoms with E-state index in [1.54, 1.807) is 38.1 Å². The number of rotatable bonds is 5. The van der Waals surface area contributed by atoms with Crippen LogP contribution in [0, 0.1) is 39.3 Å². The van der Waals surface area contributed by atoms with Crippen molar-refractivity contribution in [3.05, 3.63) is 146 Å². The molecule has 0 heterocycles. The molecule has 3 heteroatoms. The van der Waals surface area contributed by atoms with Gasteiger partial charge in [-0.15, -0.1) is 0 Å². The average Bonchev–Trinajstić information content (AvgIpc) is 2.94. The van der Waals surface area contributed by atoms with E-state index < -0.39 is 22.7 Å². The summed E-state index contributed by atoms with van der Waals surface area (Å²) >= 11 is 0. The van der Waals surface area contributed by atoms with Gasteiger partial charge in [0, 0.05) is 11.1 Å². The molecular weight excluding hydrogens is 525 g/mol. The Morgan fingerprint density at radius 2 is 1.29 bits per heavy atom. The Hall–Kier alpha value is -3.85. The topological polar surface area (TPSA) is 0 Å². The van der Waals surface area contributed by atoms with Crippen molar-refractivity contribution in [2.24, 2.45) is 0 Å². The average molecular weight is 565 g/mol. The van der Waals surface area contributed by atoms with Crippen molar-refractivity contribution in [1.82, 2.24) is 0 Å². The van der Waals surface area contributed by atoms with E-state index in [0.717, 1.165) is 39.8 Å². The van der Waals surface area contributed by atoms with E-state index in [0.29, 0.717) is 27.8 Å². The quantitative estimate of drug-likeness (QED) is 0.226. The highest BCUT2D eigenvalue weighted by Crippen LogP contribution is 2.62. The van der Waals surface area contributed by atoms with Crippen LogP contribution in [0.4, 0.5) is 13.2 Å². The lowest BCUT2D eigenvalue weighted by Gasteiger charge is -2.50. The monoisotopic (exact) mass is 564 g/mol. The summed E-state index contributed by atoms with van der Waals surface area (Å²) in [7, 11) is 0. The van der Waals surface area contributed by atoms with Gasteiger partial charge < -0.3 is 0 Å². The molecule has 4 aromatic carbocycles. The van der Waals surface area contributed by atoms with Gasteiger partial charge >= 0.3 is 0 Å². The molecule has 2 atom stereocenters. The molecule has 0 nitrogen and oxygen atoms in total. The van der Waals surface area contributed by atoms with Gasteiger partial charge in [0.15, 0.2) is 0 Å². The fourth-order valence-corrected chi connectivity index (χ4v) is 7.33. The summed E-state index contributed by atoms with van der Waals surface area (Å²) < 4.78 is 49.6. The molecule has 0 radical (unpaired) electrons. The molecule has 2 unspecified atom stereocenters. The zero-order valence-electron chi connectivity index (χ0n) is 25.8. The number of hydrogen-bond acceptors (Lipinski definition) is 0. The van der Waals surface area contributed by atoms with Gasteiger partial charge in [0.25, 0.3) is 0 Å². The Labute approximate surface area is 248 Å². The second-order valence-electron chi connectivity index (χ2n) is 12.0. The van der Waals surface area contributed by atoms with Gasteiger partial charge in [-0.1, -0.05) is 79.7 Å². The molecule has 0 saturated carbocycles. The van der Waals surface area contributed by atoms with Gasteiger partial charge in [-0.25, -0.2) is 13.2 Å². The van der Waals surface area contributed by atoms with Crippen molar-refractivity contribution in [2.45, 2.75) is 72.9 Å². The van der Waals surface area contributed by atoms with Crippen LogP contribution < -0.4 is 0 Å². The molecule has 216 valence electrons. The maximum absolute atomic E-state index is 18.4. The number of allylic oxidation sites excluding steroid dienone is 4. The molecular formula is C39H39F3. The summed E-state index contributed by atoms with van der Waals surface area (Å²) in [5.74, 6) is -0.836. The second kappa shape index (κ2) is 10.8. The molecule has 5 rings (SSSR count). The van der Waals surface area contributed by atoms with E-state index in [4.69, 9.17) is 0 Å². The minimum atomic E-state index is -2.12. The highest BCUT2D eigenvalue weighted by atomic mass is 19.1. The third kappa shape index (κ3) is 4.37. The van der Waals surface area contributed by atoms with Crippen LogP contribution in [0.5, 0.6) is 0 Å². The minimum absolute atomic E-state index is 0.237. The molecule has 42 heavy (non-hydrogen) atoms. The number of benzene rings is 4. The van der Waals surface area contributed by atoms with Gasteiger partial charge in [-0.3, -0.25) is 0 Å². The predicted octanol–water partition coefficient (Wildman–Crippen LogP) is 10.8. The van der Waals surface area contributed by atoms with E-state index in [1.165, 1.54) is 18.6 Å². The summed E-state index contributed by atoms with van der Waals surface area (Å²) in [6, 6.07) is 24.1. The van der Waals surface area contributed by atoms with E-state index in [2.05, 4.69) is 32.9 Å². The first kappa shape index (κ1) is 29.6. The van der Waals surface area contributed by atoms with Crippen LogP contribution in [0.1, 0.15) is 77.8 Å². The predicted molar refractivity (Wildman–Crippen MR) is 170 cm³/mol. The lowest BCUT2D eigenvalue weighted by atomic mass is 9.54. The summed E-state index contributed by atoms with van der Waals surface area (Å²) in [5.41, 5.74) is 6.08. The summed E-state index contributed by atoms with van der Waals surface area (Å²) in [4.78, 5) is 0. The molecule has 0 saturated heterocycles. The number of halogens is 3. The Bertz CT molecular complexity index is 1730. The van der Waals surface area contributed by atoms with Gasteiger partial charge in [-0.05, 0) is 122 Å². The van der Waals surface area contributed by atoms with Crippen LogP contribution in [0.3, 0.4) is 0 Å². The number of aryl methyl sites for hydroxylation is 3. The maximum atomic E-state index is 18.4. The van der Waals surface area contributed by atoms with Crippen molar-refractivity contribution in [3.8, 4) is 0 Å². The molecule has 0 spiro atoms. The first-order chi connectivity index (χ1) is 19.9.